The van der Waals surface area contributed by atoms with Crippen LogP contribution in [-0.4, -0.2) is 22.3 Å². The molecule has 1 radical (unpaired) electrons. The van der Waals surface area contributed by atoms with E-state index < -0.39 is 9.04 Å². The van der Waals surface area contributed by atoms with Gasteiger partial charge >= 0.3 is 0 Å². The van der Waals surface area contributed by atoms with E-state index in [4.69, 9.17) is 10.00 Å². The zero-order valence-electron chi connectivity index (χ0n) is 6.88. The van der Waals surface area contributed by atoms with Crippen molar-refractivity contribution in [1.29, 1.82) is 5.26 Å². The molecular weight excluding hydrogens is 158 g/mol. The first-order valence-electron chi connectivity index (χ1n) is 3.88. The Bertz CT molecular complexity index is 122. The van der Waals surface area contributed by atoms with Gasteiger partial charge in [-0.3, -0.25) is 0 Å². The van der Waals surface area contributed by atoms with Gasteiger partial charge in [0.15, 0.2) is 0 Å². The number of rotatable bonds is 6. The quantitative estimate of drug-likeness (QED) is 0.445. The van der Waals surface area contributed by atoms with Gasteiger partial charge in [-0.15, -0.1) is 0 Å². The van der Waals surface area contributed by atoms with E-state index in [1.165, 1.54) is 0 Å². The lowest BCUT2D eigenvalue weighted by atomic mass is 10.5. The van der Waals surface area contributed by atoms with Crippen molar-refractivity contribution in [2.24, 2.45) is 0 Å². The molecule has 0 heterocycles. The Morgan fingerprint density at radius 1 is 1.55 bits per heavy atom. The Kier molecular flexibility index (Phi) is 7.47. The van der Waals surface area contributed by atoms with Crippen LogP contribution >= 0.6 is 0 Å². The molecular formula is C7H14NO2Si. The highest BCUT2D eigenvalue weighted by atomic mass is 28.3. The van der Waals surface area contributed by atoms with Crippen molar-refractivity contribution in [3.63, 3.8) is 0 Å². The minimum absolute atomic E-state index is 0.449. The molecule has 0 N–H and O–H groups in total. The maximum Gasteiger partial charge on any atom is 0.219 e. The summed E-state index contributed by atoms with van der Waals surface area (Å²) in [5, 5.41) is 8.14. The number of ether oxygens (including phenoxy) is 1. The highest BCUT2D eigenvalue weighted by Crippen LogP contribution is 1.95. The van der Waals surface area contributed by atoms with Gasteiger partial charge < -0.3 is 9.53 Å². The topological polar surface area (TPSA) is 52.9 Å². The zero-order valence-corrected chi connectivity index (χ0v) is 8.03. The molecule has 0 fully saturated rings. The maximum atomic E-state index is 10.6. The van der Waals surface area contributed by atoms with E-state index in [1.807, 2.05) is 6.07 Å². The molecule has 0 aliphatic heterocycles. The first kappa shape index (κ1) is 10.6. The lowest BCUT2D eigenvalue weighted by Crippen LogP contribution is -2.05. The van der Waals surface area contributed by atoms with Crippen LogP contribution in [0.2, 0.25) is 12.6 Å². The van der Waals surface area contributed by atoms with Crippen LogP contribution in [0.3, 0.4) is 0 Å². The van der Waals surface area contributed by atoms with Crippen LogP contribution in [0.4, 0.5) is 0 Å². The fourth-order valence-corrected chi connectivity index (χ4v) is 1.43. The van der Waals surface area contributed by atoms with Crippen molar-refractivity contribution in [2.45, 2.75) is 25.4 Å². The summed E-state index contributed by atoms with van der Waals surface area (Å²) in [6.45, 7) is 2.93. The van der Waals surface area contributed by atoms with Crippen molar-refractivity contribution in [1.82, 2.24) is 0 Å². The van der Waals surface area contributed by atoms with Crippen molar-refractivity contribution in [3.05, 3.63) is 0 Å². The normalized spacial score (nSPS) is 12.5. The third kappa shape index (κ3) is 9.63. The summed E-state index contributed by atoms with van der Waals surface area (Å²) in [5.74, 6) is 0. The van der Waals surface area contributed by atoms with Crippen molar-refractivity contribution >= 4 is 9.04 Å². The smallest absolute Gasteiger partial charge is 0.219 e. The highest BCUT2D eigenvalue weighted by Gasteiger charge is 1.99. The highest BCUT2D eigenvalue weighted by molar-refractivity contribution is 6.48. The number of nitriles is 1. The van der Waals surface area contributed by atoms with Gasteiger partial charge in [-0.25, -0.2) is 0 Å². The first-order chi connectivity index (χ1) is 5.27. The molecule has 0 amide bonds. The van der Waals surface area contributed by atoms with Crippen LogP contribution in [0.1, 0.15) is 12.8 Å². The molecule has 0 aliphatic carbocycles. The number of hydrogen-bond acceptors (Lipinski definition) is 2. The molecule has 0 bridgehead atoms. The van der Waals surface area contributed by atoms with E-state index in [0.717, 1.165) is 12.5 Å². The van der Waals surface area contributed by atoms with Gasteiger partial charge in [0.25, 0.3) is 0 Å². The Morgan fingerprint density at radius 2 is 2.27 bits per heavy atom. The minimum atomic E-state index is -1.62. The molecule has 1 atom stereocenters. The Labute approximate surface area is 69.3 Å². The van der Waals surface area contributed by atoms with E-state index in [2.05, 4.69) is 0 Å². The zero-order chi connectivity index (χ0) is 8.53. The molecule has 0 saturated carbocycles. The second-order valence-electron chi connectivity index (χ2n) is 2.47. The second kappa shape index (κ2) is 7.73. The van der Waals surface area contributed by atoms with Gasteiger partial charge in [0.1, 0.15) is 0 Å². The van der Waals surface area contributed by atoms with E-state index in [-0.39, 0.29) is 0 Å². The third-order valence-corrected chi connectivity index (χ3v) is 2.48. The van der Waals surface area contributed by atoms with Gasteiger partial charge in [0, 0.05) is 6.61 Å². The molecule has 0 aromatic carbocycles. The van der Waals surface area contributed by atoms with E-state index in [1.54, 1.807) is 6.55 Å². The second-order valence-corrected chi connectivity index (χ2v) is 4.67. The molecule has 0 spiro atoms. The molecule has 0 rings (SSSR count). The Hall–Kier alpha value is -0.373. The average Bonchev–Trinajstić information content (AvgIpc) is 1.96. The largest absolute Gasteiger partial charge is 0.380 e. The Balaban J connectivity index is 2.86. The summed E-state index contributed by atoms with van der Waals surface area (Å²) in [7, 11) is -1.62. The van der Waals surface area contributed by atoms with Crippen LogP contribution in [0.5, 0.6) is 0 Å². The van der Waals surface area contributed by atoms with Gasteiger partial charge in [-0.1, -0.05) is 0 Å². The Morgan fingerprint density at radius 3 is 2.82 bits per heavy atom. The summed E-state index contributed by atoms with van der Waals surface area (Å²) in [6.07, 6.45) is 1.31. The third-order valence-electron chi connectivity index (χ3n) is 1.26. The molecule has 63 valence electrons. The molecule has 0 aliphatic rings. The van der Waals surface area contributed by atoms with Crippen LogP contribution in [-0.2, 0) is 9.53 Å². The first-order valence-corrected chi connectivity index (χ1v) is 6.32. The van der Waals surface area contributed by atoms with Crippen molar-refractivity contribution in [3.8, 4) is 6.07 Å². The standard InChI is InChI=1S/C7H14NO2Si/c1-11(9)7-3-6-10-5-2-4-8/h11H,2-3,5-7H2,1H3. The van der Waals surface area contributed by atoms with Gasteiger partial charge in [-0.05, 0) is 19.0 Å². The monoisotopic (exact) mass is 172 g/mol. The van der Waals surface area contributed by atoms with Crippen LogP contribution < -0.4 is 0 Å². The molecule has 0 aromatic rings. The SMILES string of the molecule is C[SiH]([O])CCCOCCC#N. The summed E-state index contributed by atoms with van der Waals surface area (Å²) in [4.78, 5) is 10.6. The summed E-state index contributed by atoms with van der Waals surface area (Å²) in [6, 6.07) is 2.79. The number of nitrogens with zero attached hydrogens (tertiary/aromatic N) is 1. The van der Waals surface area contributed by atoms with Gasteiger partial charge in [0.2, 0.25) is 9.04 Å². The van der Waals surface area contributed by atoms with Gasteiger partial charge in [-0.2, -0.15) is 5.26 Å². The minimum Gasteiger partial charge on any atom is -0.380 e. The van der Waals surface area contributed by atoms with Crippen LogP contribution in [0, 0.1) is 11.3 Å². The summed E-state index contributed by atoms with van der Waals surface area (Å²) >= 11 is 0. The molecule has 11 heavy (non-hydrogen) atoms. The summed E-state index contributed by atoms with van der Waals surface area (Å²) < 4.78 is 5.09. The van der Waals surface area contributed by atoms with Crippen LogP contribution in [0.15, 0.2) is 0 Å². The molecule has 0 aromatic heterocycles. The lowest BCUT2D eigenvalue weighted by Gasteiger charge is -2.00. The van der Waals surface area contributed by atoms with E-state index >= 15 is 0 Å². The predicted octanol–water partition coefficient (Wildman–Crippen LogP) is 1.09. The van der Waals surface area contributed by atoms with Crippen molar-refractivity contribution < 1.29 is 9.53 Å². The lowest BCUT2D eigenvalue weighted by molar-refractivity contribution is 0.139. The fourth-order valence-electron chi connectivity index (χ4n) is 0.693. The van der Waals surface area contributed by atoms with Gasteiger partial charge in [0.05, 0.1) is 19.1 Å². The molecule has 4 heteroatoms. The summed E-state index contributed by atoms with van der Waals surface area (Å²) in [5.41, 5.74) is 0. The fraction of sp³-hybridized carbons (Fsp3) is 0.857. The average molecular weight is 172 g/mol. The predicted molar refractivity (Wildman–Crippen MR) is 44.2 cm³/mol. The molecule has 1 unspecified atom stereocenters. The van der Waals surface area contributed by atoms with E-state index in [9.17, 15) is 4.80 Å². The van der Waals surface area contributed by atoms with Crippen molar-refractivity contribution in [2.75, 3.05) is 13.2 Å². The van der Waals surface area contributed by atoms with Crippen LogP contribution in [0.25, 0.3) is 0 Å². The van der Waals surface area contributed by atoms with E-state index in [0.29, 0.717) is 19.6 Å². The maximum absolute atomic E-state index is 10.6. The molecule has 3 nitrogen and oxygen atoms in total. The number of hydrogen-bond donors (Lipinski definition) is 0. The molecule has 0 saturated heterocycles.